The maximum absolute atomic E-state index is 13.5. The van der Waals surface area contributed by atoms with Gasteiger partial charge in [-0.2, -0.15) is 0 Å². The highest BCUT2D eigenvalue weighted by Crippen LogP contribution is 2.20. The van der Waals surface area contributed by atoms with E-state index in [-0.39, 0.29) is 24.7 Å². The third-order valence-electron chi connectivity index (χ3n) is 3.18. The van der Waals surface area contributed by atoms with E-state index in [4.69, 9.17) is 11.6 Å². The molecule has 0 aliphatic carbocycles. The predicted molar refractivity (Wildman–Crippen MR) is 92.6 cm³/mol. The van der Waals surface area contributed by atoms with E-state index in [0.717, 1.165) is 18.2 Å². The lowest BCUT2D eigenvalue weighted by molar-refractivity contribution is -0.119. The van der Waals surface area contributed by atoms with Gasteiger partial charge in [0.25, 0.3) is 0 Å². The molecule has 0 saturated heterocycles. The molecule has 2 N–H and O–H groups in total. The number of amides is 2. The van der Waals surface area contributed by atoms with E-state index in [2.05, 4.69) is 10.6 Å². The Morgan fingerprint density at radius 1 is 1.00 bits per heavy atom. The van der Waals surface area contributed by atoms with Crippen LogP contribution in [-0.2, 0) is 9.59 Å². The third kappa shape index (κ3) is 5.81. The molecule has 8 heteroatoms. The second-order valence-electron chi connectivity index (χ2n) is 5.37. The number of para-hydroxylation sites is 1. The van der Waals surface area contributed by atoms with Crippen molar-refractivity contribution >= 4 is 34.8 Å². The van der Waals surface area contributed by atoms with E-state index in [9.17, 15) is 18.4 Å². The molecule has 0 aromatic heterocycles. The number of anilines is 2. The van der Waals surface area contributed by atoms with Gasteiger partial charge in [0.1, 0.15) is 11.6 Å². The zero-order valence-electron chi connectivity index (χ0n) is 13.4. The molecule has 2 aromatic rings. The Morgan fingerprint density at radius 3 is 2.24 bits per heavy atom. The minimum absolute atomic E-state index is 0.0791. The molecule has 0 heterocycles. The maximum Gasteiger partial charge on any atom is 0.238 e. The Morgan fingerprint density at radius 2 is 1.60 bits per heavy atom. The van der Waals surface area contributed by atoms with Crippen molar-refractivity contribution < 1.29 is 18.4 Å². The van der Waals surface area contributed by atoms with Gasteiger partial charge in [0.15, 0.2) is 0 Å². The average molecular weight is 368 g/mol. The molecule has 0 fully saturated rings. The Hall–Kier alpha value is -2.51. The van der Waals surface area contributed by atoms with Crippen molar-refractivity contribution in [2.24, 2.45) is 0 Å². The van der Waals surface area contributed by atoms with E-state index in [1.165, 1.54) is 4.90 Å². The highest BCUT2D eigenvalue weighted by Gasteiger charge is 2.13. The van der Waals surface area contributed by atoms with Gasteiger partial charge in [-0.1, -0.05) is 23.7 Å². The Bertz CT molecular complexity index is 786. The molecule has 2 amide bonds. The van der Waals surface area contributed by atoms with E-state index < -0.39 is 17.5 Å². The SMILES string of the molecule is CN(CC(=O)Nc1cc(F)ccc1F)CC(=O)Nc1ccccc1Cl. The molecule has 2 rings (SSSR count). The first-order valence-electron chi connectivity index (χ1n) is 7.33. The fourth-order valence-corrected chi connectivity index (χ4v) is 2.26. The monoisotopic (exact) mass is 367 g/mol. The van der Waals surface area contributed by atoms with Gasteiger partial charge < -0.3 is 10.6 Å². The first-order chi connectivity index (χ1) is 11.8. The second-order valence-corrected chi connectivity index (χ2v) is 5.78. The smallest absolute Gasteiger partial charge is 0.238 e. The summed E-state index contributed by atoms with van der Waals surface area (Å²) in [4.78, 5) is 25.3. The van der Waals surface area contributed by atoms with E-state index in [1.807, 2.05) is 0 Å². The van der Waals surface area contributed by atoms with Gasteiger partial charge in [-0.15, -0.1) is 0 Å². The summed E-state index contributed by atoms with van der Waals surface area (Å²) in [5, 5.41) is 5.29. The van der Waals surface area contributed by atoms with Crippen molar-refractivity contribution in [1.82, 2.24) is 4.90 Å². The van der Waals surface area contributed by atoms with Crippen LogP contribution in [0.2, 0.25) is 5.02 Å². The molecule has 132 valence electrons. The number of carbonyl (C=O) groups is 2. The molecule has 5 nitrogen and oxygen atoms in total. The average Bonchev–Trinajstić information content (AvgIpc) is 2.52. The number of likely N-dealkylation sites (N-methyl/N-ethyl adjacent to an activating group) is 1. The van der Waals surface area contributed by atoms with Gasteiger partial charge in [0.2, 0.25) is 11.8 Å². The van der Waals surface area contributed by atoms with Crippen molar-refractivity contribution in [3.05, 3.63) is 59.1 Å². The fraction of sp³-hybridized carbons (Fsp3) is 0.176. The fourth-order valence-electron chi connectivity index (χ4n) is 2.08. The first kappa shape index (κ1) is 18.8. The van der Waals surface area contributed by atoms with Gasteiger partial charge in [0.05, 0.1) is 29.5 Å². The summed E-state index contributed by atoms with van der Waals surface area (Å²) in [6.07, 6.45) is 0. The van der Waals surface area contributed by atoms with E-state index in [1.54, 1.807) is 31.3 Å². The van der Waals surface area contributed by atoms with Crippen LogP contribution >= 0.6 is 11.6 Å². The van der Waals surface area contributed by atoms with Crippen LogP contribution in [0.25, 0.3) is 0 Å². The molecule has 2 aromatic carbocycles. The minimum Gasteiger partial charge on any atom is -0.324 e. The van der Waals surface area contributed by atoms with Gasteiger partial charge in [-0.05, 0) is 31.3 Å². The van der Waals surface area contributed by atoms with Crippen LogP contribution in [0.4, 0.5) is 20.2 Å². The molecular weight excluding hydrogens is 352 g/mol. The van der Waals surface area contributed by atoms with Gasteiger partial charge >= 0.3 is 0 Å². The largest absolute Gasteiger partial charge is 0.324 e. The molecule has 0 atom stereocenters. The van der Waals surface area contributed by atoms with Crippen LogP contribution in [0, 0.1) is 11.6 Å². The first-order valence-corrected chi connectivity index (χ1v) is 7.71. The molecular formula is C17H16ClF2N3O2. The summed E-state index contributed by atoms with van der Waals surface area (Å²) in [6.45, 7) is -0.254. The number of carbonyl (C=O) groups excluding carboxylic acids is 2. The number of halogens is 3. The van der Waals surface area contributed by atoms with Gasteiger partial charge in [-0.3, -0.25) is 14.5 Å². The number of nitrogens with one attached hydrogen (secondary N) is 2. The zero-order valence-corrected chi connectivity index (χ0v) is 14.1. The summed E-state index contributed by atoms with van der Waals surface area (Å²) in [7, 11) is 1.55. The van der Waals surface area contributed by atoms with Crippen molar-refractivity contribution in [3.8, 4) is 0 Å². The normalized spacial score (nSPS) is 10.6. The van der Waals surface area contributed by atoms with Crippen LogP contribution in [-0.4, -0.2) is 36.9 Å². The van der Waals surface area contributed by atoms with Crippen LogP contribution in [0.5, 0.6) is 0 Å². The summed E-state index contributed by atoms with van der Waals surface area (Å²) in [5.41, 5.74) is 0.216. The minimum atomic E-state index is -0.742. The maximum atomic E-state index is 13.5. The number of nitrogens with zero attached hydrogens (tertiary/aromatic N) is 1. The van der Waals surface area contributed by atoms with E-state index in [0.29, 0.717) is 10.7 Å². The van der Waals surface area contributed by atoms with Crippen molar-refractivity contribution in [3.63, 3.8) is 0 Å². The highest BCUT2D eigenvalue weighted by molar-refractivity contribution is 6.33. The Kier molecular flexibility index (Phi) is 6.44. The lowest BCUT2D eigenvalue weighted by atomic mass is 10.3. The summed E-state index contributed by atoms with van der Waals surface area (Å²) >= 11 is 5.95. The molecule has 0 aliphatic heterocycles. The van der Waals surface area contributed by atoms with Crippen LogP contribution in [0.15, 0.2) is 42.5 Å². The van der Waals surface area contributed by atoms with Crippen LogP contribution in [0.3, 0.4) is 0 Å². The van der Waals surface area contributed by atoms with Gasteiger partial charge in [0, 0.05) is 6.07 Å². The lowest BCUT2D eigenvalue weighted by Gasteiger charge is -2.16. The summed E-state index contributed by atoms with van der Waals surface area (Å²) in [6, 6.07) is 9.52. The topological polar surface area (TPSA) is 61.4 Å². The second kappa shape index (κ2) is 8.55. The molecule has 0 bridgehead atoms. The zero-order chi connectivity index (χ0) is 18.4. The highest BCUT2D eigenvalue weighted by atomic mass is 35.5. The number of hydrogen-bond donors (Lipinski definition) is 2. The Balaban J connectivity index is 1.85. The number of benzene rings is 2. The standard InChI is InChI=1S/C17H16ClF2N3O2/c1-23(9-16(24)21-14-5-3-2-4-12(14)18)10-17(25)22-15-8-11(19)6-7-13(15)20/h2-8H,9-10H2,1H3,(H,21,24)(H,22,25). The molecule has 0 radical (unpaired) electrons. The van der Waals surface area contributed by atoms with Gasteiger partial charge in [-0.25, -0.2) is 8.78 Å². The van der Waals surface area contributed by atoms with Crippen molar-refractivity contribution in [2.75, 3.05) is 30.8 Å². The van der Waals surface area contributed by atoms with Crippen LogP contribution in [0.1, 0.15) is 0 Å². The summed E-state index contributed by atoms with van der Waals surface area (Å²) in [5.74, 6) is -2.34. The number of rotatable bonds is 6. The van der Waals surface area contributed by atoms with Crippen molar-refractivity contribution in [1.29, 1.82) is 0 Å². The molecule has 0 unspecified atom stereocenters. The van der Waals surface area contributed by atoms with Crippen LogP contribution < -0.4 is 10.6 Å². The molecule has 0 aliphatic rings. The van der Waals surface area contributed by atoms with E-state index >= 15 is 0 Å². The summed E-state index contributed by atoms with van der Waals surface area (Å²) < 4.78 is 26.6. The predicted octanol–water partition coefficient (Wildman–Crippen LogP) is 3.13. The lowest BCUT2D eigenvalue weighted by Crippen LogP contribution is -2.36. The van der Waals surface area contributed by atoms with Crippen molar-refractivity contribution in [2.45, 2.75) is 0 Å². The quantitative estimate of drug-likeness (QED) is 0.824. The third-order valence-corrected chi connectivity index (χ3v) is 3.51. The number of hydrogen-bond acceptors (Lipinski definition) is 3. The Labute approximate surface area is 148 Å². The molecule has 0 spiro atoms. The molecule has 0 saturated carbocycles. The molecule has 25 heavy (non-hydrogen) atoms.